The van der Waals surface area contributed by atoms with Gasteiger partial charge in [-0.25, -0.2) is 0 Å². The molecule has 0 aromatic heterocycles. The second-order valence-electron chi connectivity index (χ2n) is 6.90. The summed E-state index contributed by atoms with van der Waals surface area (Å²) in [6.07, 6.45) is 3.88. The molecule has 3 nitrogen and oxygen atoms in total. The Balaban J connectivity index is 1.62. The van der Waals surface area contributed by atoms with E-state index in [4.69, 9.17) is 4.74 Å². The predicted octanol–water partition coefficient (Wildman–Crippen LogP) is 1.94. The van der Waals surface area contributed by atoms with E-state index in [1.54, 1.807) is 0 Å². The lowest BCUT2D eigenvalue weighted by molar-refractivity contribution is -0.193. The van der Waals surface area contributed by atoms with Gasteiger partial charge >= 0.3 is 5.97 Å². The first-order valence-corrected chi connectivity index (χ1v) is 6.75. The van der Waals surface area contributed by atoms with E-state index in [9.17, 15) is 9.59 Å². The lowest BCUT2D eigenvalue weighted by Crippen LogP contribution is -2.66. The summed E-state index contributed by atoms with van der Waals surface area (Å²) in [7, 11) is 0. The third kappa shape index (κ3) is 0.892. The number of Topliss-reactive ketones (excluding diaryl/α,β-unsaturated/α-hetero) is 1. The second-order valence-corrected chi connectivity index (χ2v) is 6.90. The van der Waals surface area contributed by atoms with Gasteiger partial charge < -0.3 is 4.74 Å². The molecule has 0 aromatic rings. The Bertz CT molecular complexity index is 441. The molecule has 4 aliphatic carbocycles. The minimum atomic E-state index is -0.266. The van der Waals surface area contributed by atoms with E-state index in [1.807, 2.05) is 13.8 Å². The highest BCUT2D eigenvalue weighted by molar-refractivity contribution is 5.95. The zero-order chi connectivity index (χ0) is 12.0. The first kappa shape index (κ1) is 10.1. The van der Waals surface area contributed by atoms with Crippen LogP contribution in [0.5, 0.6) is 0 Å². The molecule has 4 saturated carbocycles. The number of esters is 1. The first-order chi connectivity index (χ1) is 7.98. The van der Waals surface area contributed by atoms with Gasteiger partial charge in [0.1, 0.15) is 11.4 Å². The third-order valence-corrected chi connectivity index (χ3v) is 5.88. The van der Waals surface area contributed by atoms with Gasteiger partial charge in [0.15, 0.2) is 0 Å². The number of fused-ring (bicyclic) bond motifs is 1. The van der Waals surface area contributed by atoms with Crippen molar-refractivity contribution >= 4 is 11.8 Å². The molecule has 0 aromatic carbocycles. The second kappa shape index (κ2) is 2.60. The molecule has 0 heterocycles. The Kier molecular flexibility index (Phi) is 1.54. The Morgan fingerprint density at radius 3 is 2.76 bits per heavy atom. The molecule has 0 N–H and O–H groups in total. The number of carbonyl (C=O) groups excluding carboxylic acids is 2. The van der Waals surface area contributed by atoms with Gasteiger partial charge in [0, 0.05) is 11.8 Å². The van der Waals surface area contributed by atoms with Gasteiger partial charge in [-0.15, -0.1) is 0 Å². The third-order valence-electron chi connectivity index (χ3n) is 5.88. The van der Waals surface area contributed by atoms with Crippen LogP contribution >= 0.6 is 0 Å². The van der Waals surface area contributed by atoms with Crippen LogP contribution in [0.2, 0.25) is 0 Å². The Morgan fingerprint density at radius 1 is 1.35 bits per heavy atom. The molecule has 2 bridgehead atoms. The summed E-state index contributed by atoms with van der Waals surface area (Å²) in [5.41, 5.74) is 0.0198. The lowest BCUT2D eigenvalue weighted by atomic mass is 9.38. The van der Waals surface area contributed by atoms with Crippen molar-refractivity contribution in [3.05, 3.63) is 0 Å². The fraction of sp³-hybridized carbons (Fsp3) is 0.857. The summed E-state index contributed by atoms with van der Waals surface area (Å²) in [6.45, 7) is 3.75. The molecule has 5 unspecified atom stereocenters. The molecule has 0 amide bonds. The van der Waals surface area contributed by atoms with Crippen LogP contribution in [0.15, 0.2) is 0 Å². The van der Waals surface area contributed by atoms with Crippen LogP contribution in [-0.2, 0) is 14.3 Å². The van der Waals surface area contributed by atoms with Crippen molar-refractivity contribution < 1.29 is 14.3 Å². The van der Waals surface area contributed by atoms with Crippen LogP contribution in [0.1, 0.15) is 39.5 Å². The van der Waals surface area contributed by atoms with Crippen molar-refractivity contribution in [3.8, 4) is 0 Å². The average molecular weight is 234 g/mol. The molecule has 0 aliphatic heterocycles. The maximum absolute atomic E-state index is 11.9. The van der Waals surface area contributed by atoms with Gasteiger partial charge in [-0.1, -0.05) is 13.8 Å². The van der Waals surface area contributed by atoms with Gasteiger partial charge in [-0.3, -0.25) is 9.59 Å². The Hall–Kier alpha value is -0.860. The van der Waals surface area contributed by atoms with Crippen LogP contribution < -0.4 is 0 Å². The summed E-state index contributed by atoms with van der Waals surface area (Å²) in [5.74, 6) is 1.55. The van der Waals surface area contributed by atoms with Crippen LogP contribution in [0.3, 0.4) is 0 Å². The van der Waals surface area contributed by atoms with E-state index in [2.05, 4.69) is 0 Å². The number of ether oxygens (including phenoxy) is 1. The Morgan fingerprint density at radius 2 is 2.12 bits per heavy atom. The topological polar surface area (TPSA) is 43.4 Å². The standard InChI is InChI=1S/C14H18O3/c1-7(2)12(16)17-13-4-8-3-9-11(15)10(5-13)14(8,9)6-13/h7-10H,3-6H2,1-2H3. The fourth-order valence-electron chi connectivity index (χ4n) is 5.18. The van der Waals surface area contributed by atoms with Crippen LogP contribution in [0.25, 0.3) is 0 Å². The van der Waals surface area contributed by atoms with Crippen molar-refractivity contribution in [1.82, 2.24) is 0 Å². The molecule has 5 atom stereocenters. The monoisotopic (exact) mass is 234 g/mol. The largest absolute Gasteiger partial charge is 0.459 e. The molecule has 4 aliphatic rings. The summed E-state index contributed by atoms with van der Waals surface area (Å²) >= 11 is 0. The zero-order valence-corrected chi connectivity index (χ0v) is 10.4. The van der Waals surface area contributed by atoms with Gasteiger partial charge in [0.05, 0.1) is 5.92 Å². The predicted molar refractivity (Wildman–Crippen MR) is 60.0 cm³/mol. The van der Waals surface area contributed by atoms with Crippen molar-refractivity contribution in [1.29, 1.82) is 0 Å². The van der Waals surface area contributed by atoms with E-state index in [-0.39, 0.29) is 28.8 Å². The molecule has 3 heteroatoms. The van der Waals surface area contributed by atoms with Crippen molar-refractivity contribution in [2.45, 2.75) is 45.1 Å². The first-order valence-electron chi connectivity index (χ1n) is 6.75. The van der Waals surface area contributed by atoms with Gasteiger partial charge in [-0.05, 0) is 37.0 Å². The van der Waals surface area contributed by atoms with Gasteiger partial charge in [0.2, 0.25) is 0 Å². The smallest absolute Gasteiger partial charge is 0.308 e. The summed E-state index contributed by atoms with van der Waals surface area (Å²) in [4.78, 5) is 23.7. The van der Waals surface area contributed by atoms with Crippen molar-refractivity contribution in [3.63, 3.8) is 0 Å². The number of carbonyl (C=O) groups is 2. The maximum Gasteiger partial charge on any atom is 0.308 e. The number of hydrogen-bond donors (Lipinski definition) is 0. The van der Waals surface area contributed by atoms with E-state index in [0.717, 1.165) is 25.7 Å². The fourth-order valence-corrected chi connectivity index (χ4v) is 5.18. The lowest BCUT2D eigenvalue weighted by Gasteiger charge is -2.64. The summed E-state index contributed by atoms with van der Waals surface area (Å²) in [5, 5.41) is 0. The zero-order valence-electron chi connectivity index (χ0n) is 10.4. The molecular formula is C14H18O3. The average Bonchev–Trinajstić information content (AvgIpc) is 2.70. The molecule has 0 saturated heterocycles. The SMILES string of the molecule is CC(C)C(=O)OC12CC3CC4C(=O)C(C1)C34C2. The maximum atomic E-state index is 11.9. The minimum Gasteiger partial charge on any atom is -0.459 e. The minimum absolute atomic E-state index is 0.0649. The van der Waals surface area contributed by atoms with Crippen LogP contribution in [0.4, 0.5) is 0 Å². The molecule has 92 valence electrons. The Labute approximate surface area is 101 Å². The molecular weight excluding hydrogens is 216 g/mol. The van der Waals surface area contributed by atoms with Crippen molar-refractivity contribution in [2.24, 2.45) is 29.1 Å². The molecule has 4 fully saturated rings. The molecule has 17 heavy (non-hydrogen) atoms. The highest BCUT2D eigenvalue weighted by Crippen LogP contribution is 2.81. The normalized spacial score (nSPS) is 53.1. The van der Waals surface area contributed by atoms with Gasteiger partial charge in [0.25, 0.3) is 0 Å². The highest BCUT2D eigenvalue weighted by atomic mass is 16.6. The number of hydrogen-bond acceptors (Lipinski definition) is 3. The quantitative estimate of drug-likeness (QED) is 0.686. The molecule has 4 rings (SSSR count). The molecule has 1 spiro atoms. The van der Waals surface area contributed by atoms with Crippen LogP contribution in [-0.4, -0.2) is 17.4 Å². The summed E-state index contributed by atoms with van der Waals surface area (Å²) in [6, 6.07) is 0. The molecule has 0 radical (unpaired) electrons. The number of rotatable bonds is 2. The van der Waals surface area contributed by atoms with E-state index < -0.39 is 0 Å². The number of ketones is 1. The highest BCUT2D eigenvalue weighted by Gasteiger charge is 2.82. The van der Waals surface area contributed by atoms with E-state index >= 15 is 0 Å². The van der Waals surface area contributed by atoms with E-state index in [0.29, 0.717) is 17.6 Å². The van der Waals surface area contributed by atoms with Gasteiger partial charge in [-0.2, -0.15) is 0 Å². The summed E-state index contributed by atoms with van der Waals surface area (Å²) < 4.78 is 5.78. The van der Waals surface area contributed by atoms with Crippen molar-refractivity contribution in [2.75, 3.05) is 0 Å². The van der Waals surface area contributed by atoms with E-state index in [1.165, 1.54) is 0 Å². The van der Waals surface area contributed by atoms with Crippen LogP contribution in [0, 0.1) is 29.1 Å².